The topological polar surface area (TPSA) is 99.7 Å². The molecular formula is C24H40N6O3. The Morgan fingerprint density at radius 2 is 1.91 bits per heavy atom. The van der Waals surface area contributed by atoms with Gasteiger partial charge in [0.05, 0.1) is 0 Å². The summed E-state index contributed by atoms with van der Waals surface area (Å²) in [5.74, 6) is 2.39. The van der Waals surface area contributed by atoms with Gasteiger partial charge in [0, 0.05) is 51.3 Å². The molecule has 0 bridgehead atoms. The van der Waals surface area contributed by atoms with Crippen molar-refractivity contribution in [1.82, 2.24) is 20.2 Å². The van der Waals surface area contributed by atoms with Gasteiger partial charge in [0.25, 0.3) is 0 Å². The Bertz CT molecular complexity index is 789. The minimum absolute atomic E-state index is 0.110. The quantitative estimate of drug-likeness (QED) is 0.643. The van der Waals surface area contributed by atoms with Crippen molar-refractivity contribution in [3.8, 4) is 0 Å². The van der Waals surface area contributed by atoms with E-state index in [4.69, 9.17) is 4.74 Å². The zero-order valence-corrected chi connectivity index (χ0v) is 20.6. The SMILES string of the molecule is CCNc1cc(N2CCC[C@H](CCC(=O)NC3CCN(C(=O)OC(C)(C)C)CC3)C2)ncn1. The fraction of sp³-hybridized carbons (Fsp3) is 0.750. The largest absolute Gasteiger partial charge is 0.444 e. The molecule has 1 atom stereocenters. The van der Waals surface area contributed by atoms with Crippen LogP contribution in [0.3, 0.4) is 0 Å². The summed E-state index contributed by atoms with van der Waals surface area (Å²) in [7, 11) is 0. The molecule has 0 unspecified atom stereocenters. The van der Waals surface area contributed by atoms with Gasteiger partial charge >= 0.3 is 6.09 Å². The van der Waals surface area contributed by atoms with Crippen molar-refractivity contribution in [2.75, 3.05) is 42.9 Å². The summed E-state index contributed by atoms with van der Waals surface area (Å²) in [6.07, 6.45) is 6.54. The summed E-state index contributed by atoms with van der Waals surface area (Å²) >= 11 is 0. The highest BCUT2D eigenvalue weighted by molar-refractivity contribution is 5.76. The second kappa shape index (κ2) is 11.5. The van der Waals surface area contributed by atoms with Crippen LogP contribution < -0.4 is 15.5 Å². The molecule has 2 saturated heterocycles. The minimum Gasteiger partial charge on any atom is -0.444 e. The number of piperidine rings is 2. The molecular weight excluding hydrogens is 420 g/mol. The molecule has 0 aromatic carbocycles. The first-order valence-corrected chi connectivity index (χ1v) is 12.3. The predicted molar refractivity (Wildman–Crippen MR) is 129 cm³/mol. The molecule has 9 nitrogen and oxygen atoms in total. The maximum atomic E-state index is 12.6. The number of rotatable bonds is 7. The molecule has 1 aromatic heterocycles. The zero-order chi connectivity index (χ0) is 23.8. The summed E-state index contributed by atoms with van der Waals surface area (Å²) in [5.41, 5.74) is -0.487. The molecule has 2 N–H and O–H groups in total. The van der Waals surface area contributed by atoms with Crippen LogP contribution in [0.5, 0.6) is 0 Å². The van der Waals surface area contributed by atoms with E-state index in [-0.39, 0.29) is 18.0 Å². The van der Waals surface area contributed by atoms with Gasteiger partial charge in [0.1, 0.15) is 23.6 Å². The summed E-state index contributed by atoms with van der Waals surface area (Å²) in [6.45, 7) is 11.6. The molecule has 9 heteroatoms. The van der Waals surface area contributed by atoms with Crippen LogP contribution in [-0.4, -0.2) is 71.2 Å². The van der Waals surface area contributed by atoms with Gasteiger partial charge in [-0.3, -0.25) is 4.79 Å². The van der Waals surface area contributed by atoms with Crippen LogP contribution in [0.25, 0.3) is 0 Å². The Kier molecular flexibility index (Phi) is 8.74. The van der Waals surface area contributed by atoms with Crippen molar-refractivity contribution >= 4 is 23.6 Å². The number of nitrogens with zero attached hydrogens (tertiary/aromatic N) is 4. The van der Waals surface area contributed by atoms with E-state index in [0.29, 0.717) is 25.4 Å². The lowest BCUT2D eigenvalue weighted by molar-refractivity contribution is -0.122. The maximum Gasteiger partial charge on any atom is 0.410 e. The predicted octanol–water partition coefficient (Wildman–Crippen LogP) is 3.42. The molecule has 184 valence electrons. The van der Waals surface area contributed by atoms with Crippen LogP contribution >= 0.6 is 0 Å². The molecule has 3 rings (SSSR count). The van der Waals surface area contributed by atoms with Gasteiger partial charge in [-0.1, -0.05) is 0 Å². The molecule has 2 aliphatic heterocycles. The molecule has 3 heterocycles. The lowest BCUT2D eigenvalue weighted by Gasteiger charge is -2.34. The standard InChI is InChI=1S/C24H40N6O3/c1-5-25-20-15-21(27-17-26-20)30-12-6-7-18(16-30)8-9-22(31)28-19-10-13-29(14-11-19)23(32)33-24(2,3)4/h15,17-19H,5-14,16H2,1-4H3,(H,28,31)(H,25,26,27)/t18-/m1/s1. The molecule has 0 spiro atoms. The molecule has 1 aromatic rings. The number of amides is 2. The van der Waals surface area contributed by atoms with Gasteiger partial charge in [-0.25, -0.2) is 14.8 Å². The summed E-state index contributed by atoms with van der Waals surface area (Å²) < 4.78 is 5.44. The van der Waals surface area contributed by atoms with Gasteiger partial charge in [0.2, 0.25) is 5.91 Å². The van der Waals surface area contributed by atoms with Gasteiger partial charge in [-0.2, -0.15) is 0 Å². The lowest BCUT2D eigenvalue weighted by atomic mass is 9.93. The van der Waals surface area contributed by atoms with Crippen LogP contribution in [0.4, 0.5) is 16.4 Å². The summed E-state index contributed by atoms with van der Waals surface area (Å²) in [6, 6.07) is 2.13. The molecule has 0 saturated carbocycles. The first-order valence-electron chi connectivity index (χ1n) is 12.3. The normalized spacial score (nSPS) is 19.8. The second-order valence-electron chi connectivity index (χ2n) is 10.1. The highest BCUT2D eigenvalue weighted by Gasteiger charge is 2.28. The molecule has 2 amide bonds. The van der Waals surface area contributed by atoms with E-state index in [1.807, 2.05) is 33.8 Å². The number of ether oxygens (including phenoxy) is 1. The number of carbonyl (C=O) groups is 2. The first kappa shape index (κ1) is 25.1. The van der Waals surface area contributed by atoms with Crippen LogP contribution in [0.2, 0.25) is 0 Å². The fourth-order valence-electron chi connectivity index (χ4n) is 4.47. The molecule has 0 radical (unpaired) electrons. The Morgan fingerprint density at radius 3 is 2.61 bits per heavy atom. The Morgan fingerprint density at radius 1 is 1.15 bits per heavy atom. The average molecular weight is 461 g/mol. The number of hydrogen-bond donors (Lipinski definition) is 2. The molecule has 2 aliphatic rings. The number of hydrogen-bond acceptors (Lipinski definition) is 7. The number of anilines is 2. The lowest BCUT2D eigenvalue weighted by Crippen LogP contribution is -2.47. The first-order chi connectivity index (χ1) is 15.7. The number of likely N-dealkylation sites (tertiary alicyclic amines) is 1. The van der Waals surface area contributed by atoms with E-state index < -0.39 is 5.60 Å². The van der Waals surface area contributed by atoms with Crippen LogP contribution in [0, 0.1) is 5.92 Å². The van der Waals surface area contributed by atoms with E-state index in [1.165, 1.54) is 0 Å². The minimum atomic E-state index is -0.487. The van der Waals surface area contributed by atoms with E-state index in [0.717, 1.165) is 63.4 Å². The van der Waals surface area contributed by atoms with Crippen molar-refractivity contribution in [3.05, 3.63) is 12.4 Å². The molecule has 33 heavy (non-hydrogen) atoms. The van der Waals surface area contributed by atoms with E-state index in [2.05, 4.69) is 25.5 Å². The highest BCUT2D eigenvalue weighted by Crippen LogP contribution is 2.25. The Hall–Kier alpha value is -2.58. The third-order valence-electron chi connectivity index (χ3n) is 6.14. The number of carbonyl (C=O) groups excluding carboxylic acids is 2. The molecule has 2 fully saturated rings. The van der Waals surface area contributed by atoms with Crippen molar-refractivity contribution in [2.24, 2.45) is 5.92 Å². The van der Waals surface area contributed by atoms with Crippen molar-refractivity contribution in [1.29, 1.82) is 0 Å². The van der Waals surface area contributed by atoms with Gasteiger partial charge in [-0.05, 0) is 65.7 Å². The third-order valence-corrected chi connectivity index (χ3v) is 6.14. The highest BCUT2D eigenvalue weighted by atomic mass is 16.6. The van der Waals surface area contributed by atoms with Gasteiger partial charge in [-0.15, -0.1) is 0 Å². The van der Waals surface area contributed by atoms with E-state index >= 15 is 0 Å². The van der Waals surface area contributed by atoms with Crippen molar-refractivity contribution in [2.45, 2.75) is 77.9 Å². The zero-order valence-electron chi connectivity index (χ0n) is 20.6. The monoisotopic (exact) mass is 460 g/mol. The molecule has 0 aliphatic carbocycles. The van der Waals surface area contributed by atoms with E-state index in [9.17, 15) is 9.59 Å². The smallest absolute Gasteiger partial charge is 0.410 e. The average Bonchev–Trinajstić information content (AvgIpc) is 2.78. The number of aromatic nitrogens is 2. The van der Waals surface area contributed by atoms with Crippen LogP contribution in [0.1, 0.15) is 66.2 Å². The fourth-order valence-corrected chi connectivity index (χ4v) is 4.47. The Balaban J connectivity index is 1.38. The van der Waals surface area contributed by atoms with Crippen molar-refractivity contribution < 1.29 is 14.3 Å². The third kappa shape index (κ3) is 8.05. The number of nitrogens with one attached hydrogen (secondary N) is 2. The van der Waals surface area contributed by atoms with Crippen LogP contribution in [-0.2, 0) is 9.53 Å². The van der Waals surface area contributed by atoms with Gasteiger partial charge < -0.3 is 25.2 Å². The Labute approximate surface area is 197 Å². The maximum absolute atomic E-state index is 12.6. The second-order valence-corrected chi connectivity index (χ2v) is 10.1. The van der Waals surface area contributed by atoms with E-state index in [1.54, 1.807) is 11.2 Å². The van der Waals surface area contributed by atoms with Gasteiger partial charge in [0.15, 0.2) is 0 Å². The van der Waals surface area contributed by atoms with Crippen molar-refractivity contribution in [3.63, 3.8) is 0 Å². The van der Waals surface area contributed by atoms with Crippen LogP contribution in [0.15, 0.2) is 12.4 Å². The summed E-state index contributed by atoms with van der Waals surface area (Å²) in [5, 5.41) is 6.41. The summed E-state index contributed by atoms with van der Waals surface area (Å²) in [4.78, 5) is 37.5.